The standard InChI is InChI=1S/C49H74N2O10/c1-11-46(12-2)29-48(27-43(7,8)50(46)60-35(5)37-15-19-39(20-16-37)52-23-41-25-54-41)56-31-45(32-57-48)33-58-49(59-34-45)28-44(9,10)51(47(13-3,14-4)30-49)61-36(6)38-17-21-40(22-18-38)53-24-42-26-55-42/h15-22,35-36,41-42H,11-14,23-34H2,1-10H3. The lowest BCUT2D eigenvalue weighted by Crippen LogP contribution is -2.72. The van der Waals surface area contributed by atoms with Gasteiger partial charge in [0.05, 0.1) is 56.1 Å². The number of nitrogens with zero attached hydrogens (tertiary/aromatic N) is 2. The smallest absolute Gasteiger partial charge is 0.172 e. The third-order valence-corrected chi connectivity index (χ3v) is 14.7. The highest BCUT2D eigenvalue weighted by atomic mass is 16.7. The van der Waals surface area contributed by atoms with Gasteiger partial charge in [0.1, 0.15) is 49.1 Å². The van der Waals surface area contributed by atoms with Gasteiger partial charge >= 0.3 is 0 Å². The molecule has 2 aromatic rings. The molecule has 3 spiro atoms. The average Bonchev–Trinajstić information content (AvgIpc) is 4.20. The second kappa shape index (κ2) is 17.2. The lowest BCUT2D eigenvalue weighted by atomic mass is 9.72. The molecule has 4 unspecified atom stereocenters. The molecule has 340 valence electrons. The van der Waals surface area contributed by atoms with Crippen molar-refractivity contribution in [2.24, 2.45) is 5.41 Å². The molecular weight excluding hydrogens is 777 g/mol. The molecule has 12 nitrogen and oxygen atoms in total. The van der Waals surface area contributed by atoms with Crippen LogP contribution < -0.4 is 9.47 Å². The van der Waals surface area contributed by atoms with Crippen LogP contribution in [-0.2, 0) is 38.1 Å². The number of piperidine rings is 2. The highest BCUT2D eigenvalue weighted by molar-refractivity contribution is 5.29. The molecule has 8 rings (SSSR count). The van der Waals surface area contributed by atoms with Crippen LogP contribution in [0.2, 0.25) is 0 Å². The molecule has 6 fully saturated rings. The summed E-state index contributed by atoms with van der Waals surface area (Å²) in [4.78, 5) is 13.9. The summed E-state index contributed by atoms with van der Waals surface area (Å²) in [6.45, 7) is 27.1. The molecule has 0 aliphatic carbocycles. The van der Waals surface area contributed by atoms with Crippen molar-refractivity contribution in [1.29, 1.82) is 0 Å². The van der Waals surface area contributed by atoms with Crippen molar-refractivity contribution in [2.45, 2.75) is 179 Å². The van der Waals surface area contributed by atoms with E-state index in [-0.39, 0.29) is 52.0 Å². The molecule has 6 aliphatic rings. The molecule has 6 aliphatic heterocycles. The molecule has 0 bridgehead atoms. The number of epoxide rings is 2. The van der Waals surface area contributed by atoms with Crippen LogP contribution >= 0.6 is 0 Å². The Labute approximate surface area is 365 Å². The number of rotatable bonds is 16. The fraction of sp³-hybridized carbons (Fsp3) is 0.755. The lowest BCUT2D eigenvalue weighted by Gasteiger charge is -2.63. The molecule has 0 aromatic heterocycles. The quantitative estimate of drug-likeness (QED) is 0.150. The minimum absolute atomic E-state index is 0.150. The van der Waals surface area contributed by atoms with Gasteiger partial charge in [-0.05, 0) is 103 Å². The summed E-state index contributed by atoms with van der Waals surface area (Å²) in [5.41, 5.74) is 0.506. The van der Waals surface area contributed by atoms with Crippen LogP contribution in [0.15, 0.2) is 48.5 Å². The zero-order chi connectivity index (χ0) is 43.3. The van der Waals surface area contributed by atoms with Gasteiger partial charge in [-0.25, -0.2) is 0 Å². The van der Waals surface area contributed by atoms with Crippen molar-refractivity contribution in [3.8, 4) is 11.5 Å². The Morgan fingerprint density at radius 3 is 1.16 bits per heavy atom. The second-order valence-electron chi connectivity index (χ2n) is 20.4. The molecule has 0 radical (unpaired) electrons. The minimum Gasteiger partial charge on any atom is -0.491 e. The highest BCUT2D eigenvalue weighted by Gasteiger charge is 2.63. The van der Waals surface area contributed by atoms with Crippen LogP contribution in [0.3, 0.4) is 0 Å². The Morgan fingerprint density at radius 1 is 0.541 bits per heavy atom. The van der Waals surface area contributed by atoms with Crippen molar-refractivity contribution in [3.05, 3.63) is 59.7 Å². The number of hydrogen-bond acceptors (Lipinski definition) is 12. The summed E-state index contributed by atoms with van der Waals surface area (Å²) >= 11 is 0. The van der Waals surface area contributed by atoms with Gasteiger partial charge in [0.25, 0.3) is 0 Å². The number of benzene rings is 2. The monoisotopic (exact) mass is 851 g/mol. The third kappa shape index (κ3) is 9.42. The van der Waals surface area contributed by atoms with Gasteiger partial charge in [0.2, 0.25) is 0 Å². The fourth-order valence-corrected chi connectivity index (χ4v) is 10.8. The number of hydroxylamine groups is 4. The number of hydrogen-bond donors (Lipinski definition) is 0. The van der Waals surface area contributed by atoms with Gasteiger partial charge in [-0.15, -0.1) is 0 Å². The largest absolute Gasteiger partial charge is 0.491 e. The van der Waals surface area contributed by atoms with Gasteiger partial charge in [0.15, 0.2) is 11.6 Å². The van der Waals surface area contributed by atoms with Crippen LogP contribution in [0, 0.1) is 5.41 Å². The van der Waals surface area contributed by atoms with Crippen LogP contribution in [0.25, 0.3) is 0 Å². The van der Waals surface area contributed by atoms with E-state index in [0.29, 0.717) is 65.3 Å². The number of ether oxygens (including phenoxy) is 8. The Morgan fingerprint density at radius 2 is 0.869 bits per heavy atom. The van der Waals surface area contributed by atoms with Gasteiger partial charge in [-0.2, -0.15) is 10.1 Å². The molecule has 6 saturated heterocycles. The SMILES string of the molecule is CCC1(CC)CC2(CC(C)(C)N1OC(C)c1ccc(OCC3CO3)cc1)OCC1(CO2)COC2(CC(C)(C)N(OC(C)c3ccc(OCC4CO4)cc3)C(CC)(CC)C2)OC1. The van der Waals surface area contributed by atoms with Crippen LogP contribution in [0.4, 0.5) is 0 Å². The molecule has 2 aromatic carbocycles. The van der Waals surface area contributed by atoms with Crippen molar-refractivity contribution in [1.82, 2.24) is 10.1 Å². The maximum Gasteiger partial charge on any atom is 0.172 e. The normalized spacial score (nSPS) is 29.0. The topological polar surface area (TPSA) is 105 Å². The van der Waals surface area contributed by atoms with E-state index in [1.54, 1.807) is 0 Å². The Kier molecular flexibility index (Phi) is 12.8. The first kappa shape index (κ1) is 45.2. The summed E-state index contributed by atoms with van der Waals surface area (Å²) in [5, 5.41) is 4.56. The predicted molar refractivity (Wildman–Crippen MR) is 231 cm³/mol. The van der Waals surface area contributed by atoms with E-state index >= 15 is 0 Å². The van der Waals surface area contributed by atoms with Gasteiger partial charge in [-0.3, -0.25) is 9.68 Å². The van der Waals surface area contributed by atoms with Crippen molar-refractivity contribution in [3.63, 3.8) is 0 Å². The third-order valence-electron chi connectivity index (χ3n) is 14.7. The maximum absolute atomic E-state index is 7.00. The first-order valence-corrected chi connectivity index (χ1v) is 23.2. The minimum atomic E-state index is -0.733. The highest BCUT2D eigenvalue weighted by Crippen LogP contribution is 2.55. The molecular formula is C49H74N2O10. The van der Waals surface area contributed by atoms with Crippen molar-refractivity contribution >= 4 is 0 Å². The predicted octanol–water partition coefficient (Wildman–Crippen LogP) is 9.27. The van der Waals surface area contributed by atoms with Crippen LogP contribution in [0.1, 0.15) is 144 Å². The van der Waals surface area contributed by atoms with E-state index in [2.05, 4.69) is 104 Å². The summed E-state index contributed by atoms with van der Waals surface area (Å²) < 4.78 is 50.3. The first-order chi connectivity index (χ1) is 29.0. The maximum atomic E-state index is 7.00. The van der Waals surface area contributed by atoms with Crippen molar-refractivity contribution < 1.29 is 47.6 Å². The molecule has 61 heavy (non-hydrogen) atoms. The van der Waals surface area contributed by atoms with Gasteiger partial charge in [0, 0.05) is 36.8 Å². The summed E-state index contributed by atoms with van der Waals surface area (Å²) in [7, 11) is 0. The van der Waals surface area contributed by atoms with Gasteiger partial charge < -0.3 is 37.9 Å². The molecule has 0 N–H and O–H groups in total. The van der Waals surface area contributed by atoms with Crippen molar-refractivity contribution in [2.75, 3.05) is 52.9 Å². The zero-order valence-corrected chi connectivity index (χ0v) is 38.7. The fourth-order valence-electron chi connectivity index (χ4n) is 10.8. The Balaban J connectivity index is 0.896. The van der Waals surface area contributed by atoms with E-state index in [9.17, 15) is 0 Å². The Hall–Kier alpha value is -2.36. The molecule has 4 atom stereocenters. The van der Waals surface area contributed by atoms with E-state index in [1.807, 2.05) is 24.3 Å². The molecule has 6 heterocycles. The van der Waals surface area contributed by atoms with Crippen LogP contribution in [-0.4, -0.2) is 109 Å². The second-order valence-corrected chi connectivity index (χ2v) is 20.4. The average molecular weight is 851 g/mol. The summed E-state index contributed by atoms with van der Waals surface area (Å²) in [5.74, 6) is 0.230. The van der Waals surface area contributed by atoms with E-state index < -0.39 is 11.6 Å². The molecule has 0 saturated carbocycles. The first-order valence-electron chi connectivity index (χ1n) is 23.2. The van der Waals surface area contributed by atoms with Crippen LogP contribution in [0.5, 0.6) is 11.5 Å². The van der Waals surface area contributed by atoms with E-state index in [0.717, 1.165) is 61.5 Å². The Bertz CT molecular complexity index is 1620. The molecule has 12 heteroatoms. The summed E-state index contributed by atoms with van der Waals surface area (Å²) in [6.07, 6.45) is 6.53. The van der Waals surface area contributed by atoms with Gasteiger partial charge in [-0.1, -0.05) is 52.0 Å². The van der Waals surface area contributed by atoms with E-state index in [4.69, 9.17) is 47.6 Å². The summed E-state index contributed by atoms with van der Waals surface area (Å²) in [6, 6.07) is 16.5. The van der Waals surface area contributed by atoms with E-state index in [1.165, 1.54) is 0 Å². The zero-order valence-electron chi connectivity index (χ0n) is 38.7. The molecule has 0 amide bonds. The lowest BCUT2D eigenvalue weighted by molar-refractivity contribution is -0.427.